The molecule has 0 spiro atoms. The summed E-state index contributed by atoms with van der Waals surface area (Å²) in [5.41, 5.74) is 0. The monoisotopic (exact) mass is 246 g/mol. The second kappa shape index (κ2) is 6.55. The summed E-state index contributed by atoms with van der Waals surface area (Å²) in [7, 11) is 0. The first-order valence-corrected chi connectivity index (χ1v) is 6.76. The molecule has 0 N–H and O–H groups in total. The molecule has 0 saturated heterocycles. The normalized spacial score (nSPS) is 10.6. The van der Waals surface area contributed by atoms with E-state index in [1.165, 1.54) is 23.6 Å². The van der Waals surface area contributed by atoms with Gasteiger partial charge in [0.15, 0.2) is 0 Å². The van der Waals surface area contributed by atoms with E-state index in [0.29, 0.717) is 0 Å². The average Bonchev–Trinajstić information content (AvgIpc) is 2.39. The third kappa shape index (κ3) is 3.40. The van der Waals surface area contributed by atoms with E-state index in [4.69, 9.17) is 4.74 Å². The van der Waals surface area contributed by atoms with Gasteiger partial charge in [0.05, 0.1) is 6.61 Å². The largest absolute Gasteiger partial charge is 0.493 e. The van der Waals surface area contributed by atoms with Crippen LogP contribution >= 0.6 is 12.6 Å². The zero-order chi connectivity index (χ0) is 11.9. The van der Waals surface area contributed by atoms with Crippen molar-refractivity contribution in [2.75, 3.05) is 12.4 Å². The van der Waals surface area contributed by atoms with E-state index in [1.807, 2.05) is 12.1 Å². The van der Waals surface area contributed by atoms with E-state index < -0.39 is 0 Å². The topological polar surface area (TPSA) is 9.23 Å². The summed E-state index contributed by atoms with van der Waals surface area (Å²) in [6.07, 6.45) is 3.46. The zero-order valence-corrected chi connectivity index (χ0v) is 10.8. The van der Waals surface area contributed by atoms with Crippen LogP contribution in [0.1, 0.15) is 19.3 Å². The number of ether oxygens (including phenoxy) is 1. The highest BCUT2D eigenvalue weighted by molar-refractivity contribution is 7.80. The quantitative estimate of drug-likeness (QED) is 0.590. The zero-order valence-electron chi connectivity index (χ0n) is 9.93. The highest BCUT2D eigenvalue weighted by atomic mass is 32.1. The molecule has 0 aliphatic heterocycles. The van der Waals surface area contributed by atoms with Gasteiger partial charge < -0.3 is 4.74 Å². The van der Waals surface area contributed by atoms with E-state index >= 15 is 0 Å². The molecular weight excluding hydrogens is 228 g/mol. The molecule has 0 aliphatic rings. The second-order valence-electron chi connectivity index (χ2n) is 4.11. The van der Waals surface area contributed by atoms with Crippen molar-refractivity contribution in [2.45, 2.75) is 19.3 Å². The molecule has 2 aromatic carbocycles. The lowest BCUT2D eigenvalue weighted by Gasteiger charge is -2.08. The fraction of sp³-hybridized carbons (Fsp3) is 0.333. The Morgan fingerprint density at radius 2 is 1.71 bits per heavy atom. The highest BCUT2D eigenvalue weighted by Gasteiger charge is 2.00. The molecule has 0 radical (unpaired) electrons. The molecule has 0 fully saturated rings. The number of hydrogen-bond acceptors (Lipinski definition) is 2. The van der Waals surface area contributed by atoms with Gasteiger partial charge >= 0.3 is 0 Å². The minimum atomic E-state index is 0.793. The smallest absolute Gasteiger partial charge is 0.127 e. The molecular formula is C15H18OS. The summed E-state index contributed by atoms with van der Waals surface area (Å²) in [4.78, 5) is 0. The van der Waals surface area contributed by atoms with Crippen molar-refractivity contribution in [1.82, 2.24) is 0 Å². The fourth-order valence-electron chi connectivity index (χ4n) is 1.89. The first-order valence-electron chi connectivity index (χ1n) is 6.13. The van der Waals surface area contributed by atoms with Gasteiger partial charge in [-0.2, -0.15) is 12.6 Å². The van der Waals surface area contributed by atoms with Crippen molar-refractivity contribution in [3.63, 3.8) is 0 Å². The third-order valence-corrected chi connectivity index (χ3v) is 3.13. The van der Waals surface area contributed by atoms with Gasteiger partial charge in [0, 0.05) is 5.39 Å². The van der Waals surface area contributed by atoms with E-state index in [-0.39, 0.29) is 0 Å². The number of unbranched alkanes of at least 4 members (excludes halogenated alkanes) is 2. The first-order chi connectivity index (χ1) is 8.42. The molecule has 2 aromatic rings. The van der Waals surface area contributed by atoms with Gasteiger partial charge in [-0.05, 0) is 36.5 Å². The fourth-order valence-corrected chi connectivity index (χ4v) is 2.12. The Balaban J connectivity index is 1.98. The number of thiol groups is 1. The molecule has 0 heterocycles. The van der Waals surface area contributed by atoms with Crippen LogP contribution in [0.25, 0.3) is 10.8 Å². The summed E-state index contributed by atoms with van der Waals surface area (Å²) in [5.74, 6) is 1.96. The number of fused-ring (bicyclic) bond motifs is 1. The van der Waals surface area contributed by atoms with Gasteiger partial charge in [-0.15, -0.1) is 0 Å². The molecule has 2 heteroatoms. The summed E-state index contributed by atoms with van der Waals surface area (Å²) in [6, 6.07) is 14.5. The Morgan fingerprint density at radius 1 is 0.882 bits per heavy atom. The van der Waals surface area contributed by atoms with Gasteiger partial charge in [-0.25, -0.2) is 0 Å². The minimum absolute atomic E-state index is 0.793. The van der Waals surface area contributed by atoms with Gasteiger partial charge in [0.25, 0.3) is 0 Å². The Bertz CT molecular complexity index is 462. The molecule has 0 amide bonds. The summed E-state index contributed by atoms with van der Waals surface area (Å²) >= 11 is 4.20. The predicted molar refractivity (Wildman–Crippen MR) is 77.1 cm³/mol. The summed E-state index contributed by atoms with van der Waals surface area (Å²) < 4.78 is 5.84. The molecule has 0 unspecified atom stereocenters. The van der Waals surface area contributed by atoms with Crippen molar-refractivity contribution < 1.29 is 4.74 Å². The van der Waals surface area contributed by atoms with E-state index in [2.05, 4.69) is 43.0 Å². The molecule has 0 bridgehead atoms. The summed E-state index contributed by atoms with van der Waals surface area (Å²) in [6.45, 7) is 0.793. The predicted octanol–water partition coefficient (Wildman–Crippen LogP) is 4.32. The lowest BCUT2D eigenvalue weighted by Crippen LogP contribution is -1.97. The van der Waals surface area contributed by atoms with Crippen LogP contribution in [0.3, 0.4) is 0 Å². The molecule has 0 aromatic heterocycles. The maximum Gasteiger partial charge on any atom is 0.127 e. The van der Waals surface area contributed by atoms with Crippen LogP contribution in [-0.4, -0.2) is 12.4 Å². The SMILES string of the molecule is SCCCCCOc1cccc2ccccc12. The maximum atomic E-state index is 5.84. The molecule has 0 saturated carbocycles. The molecule has 1 nitrogen and oxygen atoms in total. The molecule has 0 atom stereocenters. The van der Waals surface area contributed by atoms with Gasteiger partial charge in [0.2, 0.25) is 0 Å². The van der Waals surface area contributed by atoms with Crippen LogP contribution in [-0.2, 0) is 0 Å². The standard InChI is InChI=1S/C15H18OS/c17-12-5-1-4-11-16-15-10-6-8-13-7-2-3-9-14(13)15/h2-3,6-10,17H,1,4-5,11-12H2. The van der Waals surface area contributed by atoms with Crippen molar-refractivity contribution in [2.24, 2.45) is 0 Å². The van der Waals surface area contributed by atoms with Crippen LogP contribution in [0.2, 0.25) is 0 Å². The minimum Gasteiger partial charge on any atom is -0.493 e. The van der Waals surface area contributed by atoms with Crippen LogP contribution in [0.4, 0.5) is 0 Å². The third-order valence-electron chi connectivity index (χ3n) is 2.81. The van der Waals surface area contributed by atoms with E-state index in [9.17, 15) is 0 Å². The number of hydrogen-bond donors (Lipinski definition) is 1. The van der Waals surface area contributed by atoms with Gasteiger partial charge in [0.1, 0.15) is 5.75 Å². The van der Waals surface area contributed by atoms with E-state index in [0.717, 1.165) is 24.5 Å². The Labute approximate surface area is 108 Å². The van der Waals surface area contributed by atoms with Crippen LogP contribution in [0.5, 0.6) is 5.75 Å². The van der Waals surface area contributed by atoms with Gasteiger partial charge in [-0.1, -0.05) is 36.4 Å². The second-order valence-corrected chi connectivity index (χ2v) is 4.56. The Morgan fingerprint density at radius 3 is 2.59 bits per heavy atom. The Hall–Kier alpha value is -1.15. The van der Waals surface area contributed by atoms with Gasteiger partial charge in [-0.3, -0.25) is 0 Å². The van der Waals surface area contributed by atoms with Crippen molar-refractivity contribution in [1.29, 1.82) is 0 Å². The van der Waals surface area contributed by atoms with Crippen LogP contribution in [0.15, 0.2) is 42.5 Å². The van der Waals surface area contributed by atoms with Crippen molar-refractivity contribution in [3.05, 3.63) is 42.5 Å². The molecule has 2 rings (SSSR count). The highest BCUT2D eigenvalue weighted by Crippen LogP contribution is 2.25. The Kier molecular flexibility index (Phi) is 4.75. The lowest BCUT2D eigenvalue weighted by molar-refractivity contribution is 0.310. The molecule has 17 heavy (non-hydrogen) atoms. The molecule has 0 aliphatic carbocycles. The lowest BCUT2D eigenvalue weighted by atomic mass is 10.1. The molecule has 90 valence electrons. The van der Waals surface area contributed by atoms with Crippen LogP contribution in [0, 0.1) is 0 Å². The van der Waals surface area contributed by atoms with Crippen molar-refractivity contribution >= 4 is 23.4 Å². The first kappa shape index (κ1) is 12.3. The van der Waals surface area contributed by atoms with E-state index in [1.54, 1.807) is 0 Å². The summed E-state index contributed by atoms with van der Waals surface area (Å²) in [5, 5.41) is 2.43. The number of benzene rings is 2. The average molecular weight is 246 g/mol. The van der Waals surface area contributed by atoms with Crippen molar-refractivity contribution in [3.8, 4) is 5.75 Å². The van der Waals surface area contributed by atoms with Crippen LogP contribution < -0.4 is 4.74 Å². The number of rotatable bonds is 6. The maximum absolute atomic E-state index is 5.84.